The maximum absolute atomic E-state index is 13.7. The predicted molar refractivity (Wildman–Crippen MR) is 86.6 cm³/mol. The van der Waals surface area contributed by atoms with Crippen molar-refractivity contribution in [1.29, 1.82) is 0 Å². The van der Waals surface area contributed by atoms with E-state index in [4.69, 9.17) is 0 Å². The van der Waals surface area contributed by atoms with Crippen LogP contribution in [-0.2, 0) is 6.54 Å². The molecule has 4 nitrogen and oxygen atoms in total. The van der Waals surface area contributed by atoms with Gasteiger partial charge in [0.2, 0.25) is 0 Å². The summed E-state index contributed by atoms with van der Waals surface area (Å²) in [5.74, 6) is -0.200. The van der Waals surface area contributed by atoms with Gasteiger partial charge in [-0.1, -0.05) is 24.3 Å². The summed E-state index contributed by atoms with van der Waals surface area (Å²) >= 11 is 0. The fraction of sp³-hybridized carbons (Fsp3) is 0.333. The van der Waals surface area contributed by atoms with Gasteiger partial charge in [0, 0.05) is 44.0 Å². The second-order valence-electron chi connectivity index (χ2n) is 5.82. The first-order valence-electron chi connectivity index (χ1n) is 7.82. The molecule has 0 radical (unpaired) electrons. The van der Waals surface area contributed by atoms with E-state index in [1.54, 1.807) is 12.1 Å². The third-order valence-corrected chi connectivity index (χ3v) is 4.12. The molecule has 1 aromatic heterocycles. The zero-order valence-corrected chi connectivity index (χ0v) is 13.2. The number of piperazine rings is 1. The molecular weight excluding hydrogens is 293 g/mol. The van der Waals surface area contributed by atoms with Crippen molar-refractivity contribution in [1.82, 2.24) is 14.8 Å². The third-order valence-electron chi connectivity index (χ3n) is 4.12. The van der Waals surface area contributed by atoms with E-state index in [1.165, 1.54) is 6.07 Å². The average Bonchev–Trinajstić information content (AvgIpc) is 2.57. The lowest BCUT2D eigenvalue weighted by molar-refractivity contribution is 0.0621. The van der Waals surface area contributed by atoms with Gasteiger partial charge < -0.3 is 4.90 Å². The maximum Gasteiger partial charge on any atom is 0.272 e. The Kier molecular flexibility index (Phi) is 4.67. The molecule has 0 aliphatic carbocycles. The average molecular weight is 313 g/mol. The van der Waals surface area contributed by atoms with Gasteiger partial charge >= 0.3 is 0 Å². The lowest BCUT2D eigenvalue weighted by atomic mass is 10.2. The summed E-state index contributed by atoms with van der Waals surface area (Å²) in [7, 11) is 0. The SMILES string of the molecule is Cc1cccc(C(=O)N2CCN(Cc3ccccc3F)CC2)n1. The van der Waals surface area contributed by atoms with Gasteiger partial charge in [-0.2, -0.15) is 0 Å². The van der Waals surface area contributed by atoms with Gasteiger partial charge in [0.1, 0.15) is 11.5 Å². The summed E-state index contributed by atoms with van der Waals surface area (Å²) in [6.07, 6.45) is 0. The molecule has 1 aliphatic rings. The maximum atomic E-state index is 13.7. The second kappa shape index (κ2) is 6.87. The van der Waals surface area contributed by atoms with E-state index in [-0.39, 0.29) is 11.7 Å². The molecule has 23 heavy (non-hydrogen) atoms. The zero-order valence-electron chi connectivity index (χ0n) is 13.2. The van der Waals surface area contributed by atoms with Crippen LogP contribution in [0.5, 0.6) is 0 Å². The second-order valence-corrected chi connectivity index (χ2v) is 5.82. The normalized spacial score (nSPS) is 15.7. The Labute approximate surface area is 135 Å². The summed E-state index contributed by atoms with van der Waals surface area (Å²) in [6, 6.07) is 12.3. The lowest BCUT2D eigenvalue weighted by Crippen LogP contribution is -2.48. The first-order valence-corrected chi connectivity index (χ1v) is 7.82. The van der Waals surface area contributed by atoms with E-state index >= 15 is 0 Å². The van der Waals surface area contributed by atoms with E-state index in [2.05, 4.69) is 9.88 Å². The third kappa shape index (κ3) is 3.74. The van der Waals surface area contributed by atoms with Crippen LogP contribution >= 0.6 is 0 Å². The highest BCUT2D eigenvalue weighted by Gasteiger charge is 2.23. The first-order chi connectivity index (χ1) is 11.1. The summed E-state index contributed by atoms with van der Waals surface area (Å²) in [5.41, 5.74) is 2.04. The number of amides is 1. The van der Waals surface area contributed by atoms with Crippen molar-refractivity contribution in [3.8, 4) is 0 Å². The summed E-state index contributed by atoms with van der Waals surface area (Å²) in [4.78, 5) is 20.7. The predicted octanol–water partition coefficient (Wildman–Crippen LogP) is 2.49. The van der Waals surface area contributed by atoms with Crippen LogP contribution in [0.1, 0.15) is 21.7 Å². The molecule has 120 valence electrons. The van der Waals surface area contributed by atoms with Crippen LogP contribution in [0.4, 0.5) is 4.39 Å². The van der Waals surface area contributed by atoms with Crippen LogP contribution in [-0.4, -0.2) is 46.9 Å². The standard InChI is InChI=1S/C18H20FN3O/c1-14-5-4-8-17(20-14)18(23)22-11-9-21(10-12-22)13-15-6-2-3-7-16(15)19/h2-8H,9-13H2,1H3. The molecule has 0 unspecified atom stereocenters. The molecule has 2 heterocycles. The molecule has 1 fully saturated rings. The molecular formula is C18H20FN3O. The highest BCUT2D eigenvalue weighted by atomic mass is 19.1. The van der Waals surface area contributed by atoms with E-state index in [1.807, 2.05) is 36.1 Å². The van der Waals surface area contributed by atoms with Crippen LogP contribution in [0.3, 0.4) is 0 Å². The Morgan fingerprint density at radius 2 is 1.83 bits per heavy atom. The lowest BCUT2D eigenvalue weighted by Gasteiger charge is -2.34. The van der Waals surface area contributed by atoms with Gasteiger partial charge in [0.25, 0.3) is 5.91 Å². The number of hydrogen-bond donors (Lipinski definition) is 0. The molecule has 0 spiro atoms. The molecule has 0 N–H and O–H groups in total. The largest absolute Gasteiger partial charge is 0.335 e. The molecule has 5 heteroatoms. The van der Waals surface area contributed by atoms with Gasteiger partial charge in [-0.25, -0.2) is 9.37 Å². The van der Waals surface area contributed by atoms with Crippen LogP contribution in [0.15, 0.2) is 42.5 Å². The number of rotatable bonds is 3. The Morgan fingerprint density at radius 1 is 1.09 bits per heavy atom. The quantitative estimate of drug-likeness (QED) is 0.873. The van der Waals surface area contributed by atoms with Crippen molar-refractivity contribution in [3.05, 3.63) is 65.2 Å². The van der Waals surface area contributed by atoms with E-state index in [0.29, 0.717) is 30.9 Å². The fourth-order valence-corrected chi connectivity index (χ4v) is 2.80. The van der Waals surface area contributed by atoms with Gasteiger partial charge in [-0.3, -0.25) is 9.69 Å². The van der Waals surface area contributed by atoms with Gasteiger partial charge in [-0.15, -0.1) is 0 Å². The molecule has 0 bridgehead atoms. The molecule has 3 rings (SSSR count). The van der Waals surface area contributed by atoms with Gasteiger partial charge in [0.15, 0.2) is 0 Å². The summed E-state index contributed by atoms with van der Waals surface area (Å²) < 4.78 is 13.7. The van der Waals surface area contributed by atoms with Crippen molar-refractivity contribution in [2.24, 2.45) is 0 Å². The Balaban J connectivity index is 1.58. The molecule has 1 aliphatic heterocycles. The number of nitrogens with zero attached hydrogens (tertiary/aromatic N) is 3. The number of halogens is 1. The minimum atomic E-state index is -0.171. The highest BCUT2D eigenvalue weighted by Crippen LogP contribution is 2.13. The van der Waals surface area contributed by atoms with E-state index in [0.717, 1.165) is 18.8 Å². The topological polar surface area (TPSA) is 36.4 Å². The van der Waals surface area contributed by atoms with Crippen LogP contribution < -0.4 is 0 Å². The monoisotopic (exact) mass is 313 g/mol. The number of carbonyl (C=O) groups excluding carboxylic acids is 1. The van der Waals surface area contributed by atoms with Crippen LogP contribution in [0, 0.1) is 12.7 Å². The molecule has 1 saturated heterocycles. The van der Waals surface area contributed by atoms with Crippen molar-refractivity contribution < 1.29 is 9.18 Å². The number of pyridine rings is 1. The van der Waals surface area contributed by atoms with Gasteiger partial charge in [-0.05, 0) is 25.1 Å². The number of hydrogen-bond acceptors (Lipinski definition) is 3. The number of aromatic nitrogens is 1. The minimum Gasteiger partial charge on any atom is -0.335 e. The Bertz CT molecular complexity index is 696. The molecule has 1 amide bonds. The Hall–Kier alpha value is -2.27. The summed E-state index contributed by atoms with van der Waals surface area (Å²) in [5, 5.41) is 0. The first kappa shape index (κ1) is 15.6. The fourth-order valence-electron chi connectivity index (χ4n) is 2.80. The number of carbonyl (C=O) groups is 1. The smallest absolute Gasteiger partial charge is 0.272 e. The minimum absolute atomic E-state index is 0.0285. The van der Waals surface area contributed by atoms with Crippen molar-refractivity contribution in [2.75, 3.05) is 26.2 Å². The van der Waals surface area contributed by atoms with Crippen molar-refractivity contribution in [3.63, 3.8) is 0 Å². The van der Waals surface area contributed by atoms with Crippen LogP contribution in [0.25, 0.3) is 0 Å². The van der Waals surface area contributed by atoms with Crippen molar-refractivity contribution in [2.45, 2.75) is 13.5 Å². The summed E-state index contributed by atoms with van der Waals surface area (Å²) in [6.45, 7) is 5.23. The van der Waals surface area contributed by atoms with E-state index in [9.17, 15) is 9.18 Å². The molecule has 1 aromatic carbocycles. The molecule has 2 aromatic rings. The van der Waals surface area contributed by atoms with Gasteiger partial charge in [0.05, 0.1) is 0 Å². The highest BCUT2D eigenvalue weighted by molar-refractivity contribution is 5.92. The van der Waals surface area contributed by atoms with E-state index < -0.39 is 0 Å². The zero-order chi connectivity index (χ0) is 16.2. The number of aryl methyl sites for hydroxylation is 1. The van der Waals surface area contributed by atoms with Crippen LogP contribution in [0.2, 0.25) is 0 Å². The number of benzene rings is 1. The molecule has 0 atom stereocenters. The Morgan fingerprint density at radius 3 is 2.52 bits per heavy atom. The van der Waals surface area contributed by atoms with Crippen molar-refractivity contribution >= 4 is 5.91 Å². The molecule has 0 saturated carbocycles.